The number of hydrogen-bond acceptors (Lipinski definition) is 6. The first-order valence-corrected chi connectivity index (χ1v) is 8.33. The quantitative estimate of drug-likeness (QED) is 0.739. The highest BCUT2D eigenvalue weighted by atomic mass is 32.1. The molecular weight excluding hydrogens is 328 g/mol. The van der Waals surface area contributed by atoms with Crippen LogP contribution in [-0.2, 0) is 9.59 Å². The van der Waals surface area contributed by atoms with Gasteiger partial charge in [-0.2, -0.15) is 0 Å². The number of rotatable bonds is 3. The van der Waals surface area contributed by atoms with Crippen LogP contribution in [-0.4, -0.2) is 28.6 Å². The van der Waals surface area contributed by atoms with E-state index < -0.39 is 11.8 Å². The molecule has 2 aromatic heterocycles. The topological polar surface area (TPSA) is 88.3 Å². The minimum atomic E-state index is -0.904. The highest BCUT2D eigenvalue weighted by molar-refractivity contribution is 7.15. The summed E-state index contributed by atoms with van der Waals surface area (Å²) in [5, 5.41) is 12.5. The maximum atomic E-state index is 12.7. The summed E-state index contributed by atoms with van der Waals surface area (Å²) in [7, 11) is 0. The molecular formula is C16H14N4O3S. The second-order valence-electron chi connectivity index (χ2n) is 5.50. The van der Waals surface area contributed by atoms with Gasteiger partial charge in [0.25, 0.3) is 0 Å². The van der Waals surface area contributed by atoms with Crippen molar-refractivity contribution in [2.45, 2.75) is 19.8 Å². The Balaban J connectivity index is 1.75. The average molecular weight is 342 g/mol. The number of amides is 2. The summed E-state index contributed by atoms with van der Waals surface area (Å²) in [5.41, 5.74) is 2.07. The van der Waals surface area contributed by atoms with E-state index in [4.69, 9.17) is 4.42 Å². The standard InChI is InChI=1S/C16H14N4O3S/c1-3-20-11-6-9-4-5-23-12(9)7-10(11)13(15(20)22)14(21)17-16-19-18-8(2)24-16/h4-7,13H,3H2,1-2H3,(H,17,19,21). The first-order valence-electron chi connectivity index (χ1n) is 7.52. The number of hydrogen-bond donors (Lipinski definition) is 1. The molecule has 1 unspecified atom stereocenters. The molecule has 0 saturated carbocycles. The molecule has 1 N–H and O–H groups in total. The Morgan fingerprint density at radius 2 is 2.25 bits per heavy atom. The molecule has 0 bridgehead atoms. The monoisotopic (exact) mass is 342 g/mol. The Morgan fingerprint density at radius 1 is 1.42 bits per heavy atom. The van der Waals surface area contributed by atoms with E-state index in [0.29, 0.717) is 22.8 Å². The largest absolute Gasteiger partial charge is 0.464 e. The van der Waals surface area contributed by atoms with E-state index >= 15 is 0 Å². The van der Waals surface area contributed by atoms with Crippen LogP contribution in [0.3, 0.4) is 0 Å². The lowest BCUT2D eigenvalue weighted by Gasteiger charge is -2.14. The zero-order chi connectivity index (χ0) is 16.8. The molecule has 0 saturated heterocycles. The maximum absolute atomic E-state index is 12.7. The molecule has 4 rings (SSSR count). The summed E-state index contributed by atoms with van der Waals surface area (Å²) in [6.45, 7) is 4.18. The van der Waals surface area contributed by atoms with Crippen LogP contribution in [0.25, 0.3) is 11.0 Å². The molecule has 3 aromatic rings. The van der Waals surface area contributed by atoms with Crippen LogP contribution in [0.15, 0.2) is 28.9 Å². The summed E-state index contributed by atoms with van der Waals surface area (Å²) in [6.07, 6.45) is 1.59. The molecule has 7 nitrogen and oxygen atoms in total. The van der Waals surface area contributed by atoms with Crippen LogP contribution in [0, 0.1) is 6.92 Å². The van der Waals surface area contributed by atoms with E-state index in [2.05, 4.69) is 15.5 Å². The summed E-state index contributed by atoms with van der Waals surface area (Å²) in [4.78, 5) is 27.0. The second kappa shape index (κ2) is 5.41. The highest BCUT2D eigenvalue weighted by Gasteiger charge is 2.42. The van der Waals surface area contributed by atoms with E-state index in [-0.39, 0.29) is 5.91 Å². The second-order valence-corrected chi connectivity index (χ2v) is 6.68. The summed E-state index contributed by atoms with van der Waals surface area (Å²) < 4.78 is 5.42. The van der Waals surface area contributed by atoms with Crippen molar-refractivity contribution in [2.24, 2.45) is 0 Å². The fourth-order valence-corrected chi connectivity index (χ4v) is 3.58. The molecule has 3 heterocycles. The highest BCUT2D eigenvalue weighted by Crippen LogP contribution is 2.40. The van der Waals surface area contributed by atoms with Crippen LogP contribution in [0.1, 0.15) is 23.4 Å². The number of carbonyl (C=O) groups excluding carboxylic acids is 2. The van der Waals surface area contributed by atoms with Gasteiger partial charge in [-0.1, -0.05) is 11.3 Å². The van der Waals surface area contributed by atoms with Crippen molar-refractivity contribution in [3.05, 3.63) is 35.0 Å². The Labute approximate surface area is 141 Å². The van der Waals surface area contributed by atoms with Crippen molar-refractivity contribution in [3.8, 4) is 0 Å². The van der Waals surface area contributed by atoms with Crippen molar-refractivity contribution >= 4 is 44.9 Å². The molecule has 1 aliphatic heterocycles. The number of fused-ring (bicyclic) bond motifs is 2. The number of likely N-dealkylation sites (N-methyl/N-ethyl adjacent to an activating group) is 1. The summed E-state index contributed by atoms with van der Waals surface area (Å²) in [6, 6.07) is 5.50. The van der Waals surface area contributed by atoms with Crippen LogP contribution in [0.5, 0.6) is 0 Å². The van der Waals surface area contributed by atoms with Gasteiger partial charge in [-0.05, 0) is 32.0 Å². The van der Waals surface area contributed by atoms with E-state index in [0.717, 1.165) is 16.1 Å². The van der Waals surface area contributed by atoms with Gasteiger partial charge in [0.15, 0.2) is 0 Å². The van der Waals surface area contributed by atoms with Gasteiger partial charge in [-0.25, -0.2) is 0 Å². The molecule has 8 heteroatoms. The fraction of sp³-hybridized carbons (Fsp3) is 0.250. The molecule has 1 atom stereocenters. The van der Waals surface area contributed by atoms with Crippen molar-refractivity contribution < 1.29 is 14.0 Å². The van der Waals surface area contributed by atoms with Crippen molar-refractivity contribution in [1.82, 2.24) is 10.2 Å². The Kier molecular flexibility index (Phi) is 3.34. The van der Waals surface area contributed by atoms with E-state index in [9.17, 15) is 9.59 Å². The lowest BCUT2D eigenvalue weighted by molar-refractivity contribution is -0.126. The van der Waals surface area contributed by atoms with Crippen molar-refractivity contribution in [3.63, 3.8) is 0 Å². The number of furan rings is 1. The van der Waals surface area contributed by atoms with Gasteiger partial charge in [0.1, 0.15) is 16.5 Å². The summed E-state index contributed by atoms with van der Waals surface area (Å²) >= 11 is 1.27. The lowest BCUT2D eigenvalue weighted by Crippen LogP contribution is -2.33. The third-order valence-electron chi connectivity index (χ3n) is 4.05. The van der Waals surface area contributed by atoms with E-state index in [1.807, 2.05) is 19.1 Å². The SMILES string of the molecule is CCN1C(=O)C(C(=O)Nc2nnc(C)s2)c2cc3occc3cc21. The molecule has 0 fully saturated rings. The number of benzene rings is 1. The van der Waals surface area contributed by atoms with Gasteiger partial charge in [0, 0.05) is 23.2 Å². The zero-order valence-corrected chi connectivity index (χ0v) is 13.9. The van der Waals surface area contributed by atoms with E-state index in [1.165, 1.54) is 11.3 Å². The normalized spacial score (nSPS) is 16.7. The molecule has 0 radical (unpaired) electrons. The minimum absolute atomic E-state index is 0.237. The predicted octanol–water partition coefficient (Wildman–Crippen LogP) is 2.68. The van der Waals surface area contributed by atoms with E-state index in [1.54, 1.807) is 24.2 Å². The molecule has 2 amide bonds. The third kappa shape index (κ3) is 2.18. The molecule has 0 aliphatic carbocycles. The van der Waals surface area contributed by atoms with Crippen molar-refractivity contribution in [1.29, 1.82) is 0 Å². The van der Waals surface area contributed by atoms with Crippen LogP contribution in [0.4, 0.5) is 10.8 Å². The number of aromatic nitrogens is 2. The minimum Gasteiger partial charge on any atom is -0.464 e. The van der Waals surface area contributed by atoms with Crippen LogP contribution < -0.4 is 10.2 Å². The first kappa shape index (κ1) is 14.8. The Bertz CT molecular complexity index is 961. The Hall–Kier alpha value is -2.74. The maximum Gasteiger partial charge on any atom is 0.244 e. The van der Waals surface area contributed by atoms with Crippen molar-refractivity contribution in [2.75, 3.05) is 16.8 Å². The first-order chi connectivity index (χ1) is 11.6. The van der Waals surface area contributed by atoms with Crippen LogP contribution in [0.2, 0.25) is 0 Å². The lowest BCUT2D eigenvalue weighted by atomic mass is 9.99. The molecule has 24 heavy (non-hydrogen) atoms. The predicted molar refractivity (Wildman–Crippen MR) is 90.3 cm³/mol. The van der Waals surface area contributed by atoms with Gasteiger partial charge in [0.2, 0.25) is 16.9 Å². The number of anilines is 2. The fourth-order valence-electron chi connectivity index (χ4n) is 2.99. The van der Waals surface area contributed by atoms with Crippen LogP contribution >= 0.6 is 11.3 Å². The van der Waals surface area contributed by atoms with Gasteiger partial charge in [-0.3, -0.25) is 14.9 Å². The average Bonchev–Trinajstić information content (AvgIpc) is 3.22. The third-order valence-corrected chi connectivity index (χ3v) is 4.81. The van der Waals surface area contributed by atoms with Gasteiger partial charge in [0.05, 0.1) is 6.26 Å². The molecule has 122 valence electrons. The molecule has 1 aliphatic rings. The number of nitrogens with zero attached hydrogens (tertiary/aromatic N) is 3. The molecule has 0 spiro atoms. The Morgan fingerprint density at radius 3 is 2.96 bits per heavy atom. The molecule has 1 aromatic carbocycles. The smallest absolute Gasteiger partial charge is 0.244 e. The van der Waals surface area contributed by atoms with Gasteiger partial charge in [-0.15, -0.1) is 10.2 Å². The van der Waals surface area contributed by atoms with Gasteiger partial charge >= 0.3 is 0 Å². The summed E-state index contributed by atoms with van der Waals surface area (Å²) in [5.74, 6) is -1.54. The number of nitrogens with one attached hydrogen (secondary N) is 1. The number of carbonyl (C=O) groups is 2. The van der Waals surface area contributed by atoms with Gasteiger partial charge < -0.3 is 9.32 Å². The zero-order valence-electron chi connectivity index (χ0n) is 13.1. The number of aryl methyl sites for hydroxylation is 1.